The van der Waals surface area contributed by atoms with Gasteiger partial charge in [-0.3, -0.25) is 14.5 Å². The van der Waals surface area contributed by atoms with Crippen LogP contribution in [0.5, 0.6) is 0 Å². The molecule has 0 aliphatic rings. The summed E-state index contributed by atoms with van der Waals surface area (Å²) in [7, 11) is 1.55. The van der Waals surface area contributed by atoms with Crippen molar-refractivity contribution in [2.45, 2.75) is 47.6 Å². The maximum Gasteiger partial charge on any atom is 0.254 e. The number of benzene rings is 1. The molecular weight excluding hydrogens is 388 g/mol. The van der Waals surface area contributed by atoms with Crippen LogP contribution in [0.25, 0.3) is 5.70 Å². The van der Waals surface area contributed by atoms with Gasteiger partial charge in [0, 0.05) is 16.6 Å². The van der Waals surface area contributed by atoms with Gasteiger partial charge in [0.05, 0.1) is 12.8 Å². The van der Waals surface area contributed by atoms with E-state index in [1.54, 1.807) is 38.3 Å². The Balaban J connectivity index is 3.48. The minimum Gasteiger partial charge on any atom is -0.497 e. The average molecular weight is 419 g/mol. The van der Waals surface area contributed by atoms with Crippen molar-refractivity contribution in [1.29, 1.82) is 0 Å². The molecule has 0 saturated heterocycles. The fourth-order valence-corrected chi connectivity index (χ4v) is 3.05. The molecule has 0 aliphatic heterocycles. The van der Waals surface area contributed by atoms with Gasteiger partial charge < -0.3 is 10.1 Å². The Hall–Kier alpha value is -2.53. The monoisotopic (exact) mass is 418 g/mol. The van der Waals surface area contributed by atoms with Crippen LogP contribution >= 0.6 is 11.6 Å². The van der Waals surface area contributed by atoms with E-state index in [1.165, 1.54) is 4.90 Å². The molecule has 0 saturated carbocycles. The van der Waals surface area contributed by atoms with E-state index in [0.29, 0.717) is 22.1 Å². The summed E-state index contributed by atoms with van der Waals surface area (Å²) in [5.74, 6) is 0.0559. The summed E-state index contributed by atoms with van der Waals surface area (Å²) in [5, 5.41) is 3.41. The summed E-state index contributed by atoms with van der Waals surface area (Å²) in [6.07, 6.45) is 3.43. The lowest BCUT2D eigenvalue weighted by molar-refractivity contribution is -0.130. The number of carbonyl (C=O) groups excluding carboxylic acids is 2. The number of ether oxygens (including phenoxy) is 1. The molecule has 0 heterocycles. The number of allylic oxidation sites excluding steroid dienone is 3. The lowest BCUT2D eigenvalue weighted by atomic mass is 10.0. The summed E-state index contributed by atoms with van der Waals surface area (Å²) >= 11 is 6.18. The molecule has 1 aromatic rings. The van der Waals surface area contributed by atoms with Gasteiger partial charge in [0.1, 0.15) is 12.3 Å². The van der Waals surface area contributed by atoms with Gasteiger partial charge in [-0.05, 0) is 71.4 Å². The van der Waals surface area contributed by atoms with Crippen LogP contribution < -0.4 is 5.32 Å². The molecule has 5 nitrogen and oxygen atoms in total. The predicted octanol–water partition coefficient (Wildman–Crippen LogP) is 4.94. The average Bonchev–Trinajstić information content (AvgIpc) is 2.63. The summed E-state index contributed by atoms with van der Waals surface area (Å²) < 4.78 is 5.25. The molecule has 0 unspecified atom stereocenters. The Morgan fingerprint density at radius 2 is 1.90 bits per heavy atom. The molecule has 1 N–H and O–H groups in total. The zero-order valence-corrected chi connectivity index (χ0v) is 19.1. The van der Waals surface area contributed by atoms with Gasteiger partial charge in [0.25, 0.3) is 5.91 Å². The summed E-state index contributed by atoms with van der Waals surface area (Å²) in [6.45, 7) is 11.0. The first-order valence-electron chi connectivity index (χ1n) is 9.53. The van der Waals surface area contributed by atoms with E-state index < -0.39 is 0 Å². The topological polar surface area (TPSA) is 58.6 Å². The molecule has 0 bridgehead atoms. The van der Waals surface area contributed by atoms with Gasteiger partial charge in [0.2, 0.25) is 5.91 Å². The summed E-state index contributed by atoms with van der Waals surface area (Å²) in [5.41, 5.74) is 2.78. The fourth-order valence-electron chi connectivity index (χ4n) is 2.86. The third-order valence-corrected chi connectivity index (χ3v) is 4.29. The van der Waals surface area contributed by atoms with Gasteiger partial charge in [-0.2, -0.15) is 0 Å². The van der Waals surface area contributed by atoms with Gasteiger partial charge in [-0.15, -0.1) is 0 Å². The highest BCUT2D eigenvalue weighted by atomic mass is 35.5. The van der Waals surface area contributed by atoms with E-state index in [2.05, 4.69) is 5.32 Å². The highest BCUT2D eigenvalue weighted by Crippen LogP contribution is 2.27. The Kier molecular flexibility index (Phi) is 9.69. The van der Waals surface area contributed by atoms with Crippen molar-refractivity contribution >= 4 is 29.1 Å². The Morgan fingerprint density at radius 1 is 1.24 bits per heavy atom. The molecule has 29 heavy (non-hydrogen) atoms. The van der Waals surface area contributed by atoms with Crippen molar-refractivity contribution in [3.8, 4) is 0 Å². The number of hydrogen-bond acceptors (Lipinski definition) is 3. The highest BCUT2D eigenvalue weighted by molar-refractivity contribution is 6.30. The molecule has 0 spiro atoms. The zero-order chi connectivity index (χ0) is 22.1. The third-order valence-electron chi connectivity index (χ3n) is 4.05. The second-order valence-electron chi connectivity index (χ2n) is 7.19. The van der Waals surface area contributed by atoms with Crippen LogP contribution in [0.2, 0.25) is 5.02 Å². The number of carbonyl (C=O) groups is 2. The first-order chi connectivity index (χ1) is 13.6. The standard InChI is InChI=1S/C23H31ClN2O3/c1-8-20(29-7)12-17(6)23(28)26(14-21(27)25-16(4)5)22(15(2)3)18-10-9-11-19(24)13-18/h8-13,16H,14H2,1-7H3,(H,25,27)/b17-12+,20-8+. The predicted molar refractivity (Wildman–Crippen MR) is 119 cm³/mol. The van der Waals surface area contributed by atoms with Crippen LogP contribution in [0, 0.1) is 0 Å². The first-order valence-corrected chi connectivity index (χ1v) is 9.91. The van der Waals surface area contributed by atoms with Crippen LogP contribution in [0.15, 0.2) is 53.3 Å². The lowest BCUT2D eigenvalue weighted by Gasteiger charge is -2.28. The number of nitrogens with zero attached hydrogens (tertiary/aromatic N) is 1. The normalized spacial score (nSPS) is 11.9. The molecule has 0 aliphatic carbocycles. The van der Waals surface area contributed by atoms with Crippen LogP contribution in [-0.2, 0) is 14.3 Å². The largest absolute Gasteiger partial charge is 0.497 e. The minimum atomic E-state index is -0.281. The van der Waals surface area contributed by atoms with E-state index in [-0.39, 0.29) is 24.4 Å². The van der Waals surface area contributed by atoms with Crippen LogP contribution in [0.4, 0.5) is 0 Å². The van der Waals surface area contributed by atoms with Crippen molar-refractivity contribution in [2.24, 2.45) is 0 Å². The van der Waals surface area contributed by atoms with E-state index >= 15 is 0 Å². The highest BCUT2D eigenvalue weighted by Gasteiger charge is 2.25. The molecule has 6 heteroatoms. The summed E-state index contributed by atoms with van der Waals surface area (Å²) in [6, 6.07) is 7.23. The number of nitrogens with one attached hydrogen (secondary N) is 1. The van der Waals surface area contributed by atoms with E-state index in [1.807, 2.05) is 46.8 Å². The number of rotatable bonds is 8. The minimum absolute atomic E-state index is 0.0273. The van der Waals surface area contributed by atoms with Crippen molar-refractivity contribution in [3.05, 3.63) is 63.9 Å². The molecule has 0 radical (unpaired) electrons. The molecule has 158 valence electrons. The Labute approximate surface area is 179 Å². The van der Waals surface area contributed by atoms with E-state index in [9.17, 15) is 9.59 Å². The second-order valence-corrected chi connectivity index (χ2v) is 7.63. The number of halogens is 1. The maximum absolute atomic E-state index is 13.4. The van der Waals surface area contributed by atoms with Gasteiger partial charge >= 0.3 is 0 Å². The van der Waals surface area contributed by atoms with Gasteiger partial charge in [-0.25, -0.2) is 0 Å². The second kappa shape index (κ2) is 11.5. The summed E-state index contributed by atoms with van der Waals surface area (Å²) in [4.78, 5) is 27.4. The maximum atomic E-state index is 13.4. The van der Waals surface area contributed by atoms with Crippen LogP contribution in [0.3, 0.4) is 0 Å². The van der Waals surface area contributed by atoms with Crippen LogP contribution in [0.1, 0.15) is 47.1 Å². The van der Waals surface area contributed by atoms with Crippen molar-refractivity contribution in [3.63, 3.8) is 0 Å². The smallest absolute Gasteiger partial charge is 0.254 e. The molecule has 2 amide bonds. The number of methoxy groups -OCH3 is 1. The quantitative estimate of drug-likeness (QED) is 0.369. The van der Waals surface area contributed by atoms with Crippen molar-refractivity contribution in [1.82, 2.24) is 10.2 Å². The molecular formula is C23H31ClN2O3. The third kappa shape index (κ3) is 7.42. The molecule has 1 rings (SSSR count). The van der Waals surface area contributed by atoms with Gasteiger partial charge in [0.15, 0.2) is 0 Å². The van der Waals surface area contributed by atoms with Crippen molar-refractivity contribution < 1.29 is 14.3 Å². The van der Waals surface area contributed by atoms with E-state index in [4.69, 9.17) is 16.3 Å². The first kappa shape index (κ1) is 24.5. The number of hydrogen-bond donors (Lipinski definition) is 1. The van der Waals surface area contributed by atoms with Crippen LogP contribution in [-0.4, -0.2) is 36.4 Å². The SMILES string of the molecule is C/C=C(\C=C(/C)C(=O)N(CC(=O)NC(C)C)C(=C(C)C)c1cccc(Cl)c1)OC. The van der Waals surface area contributed by atoms with E-state index in [0.717, 1.165) is 11.1 Å². The zero-order valence-electron chi connectivity index (χ0n) is 18.3. The molecule has 0 aromatic heterocycles. The lowest BCUT2D eigenvalue weighted by Crippen LogP contribution is -2.42. The Bertz CT molecular complexity index is 834. The molecule has 0 fully saturated rings. The number of amides is 2. The molecule has 0 atom stereocenters. The molecule has 1 aromatic carbocycles. The fraction of sp³-hybridized carbons (Fsp3) is 0.391. The van der Waals surface area contributed by atoms with Crippen molar-refractivity contribution in [2.75, 3.05) is 13.7 Å². The Morgan fingerprint density at radius 3 is 2.38 bits per heavy atom. The van der Waals surface area contributed by atoms with Gasteiger partial charge in [-0.1, -0.05) is 29.3 Å².